The Labute approximate surface area is 99.4 Å². The Morgan fingerprint density at radius 2 is 2.29 bits per heavy atom. The van der Waals surface area contributed by atoms with Crippen LogP contribution in [0.3, 0.4) is 0 Å². The van der Waals surface area contributed by atoms with Gasteiger partial charge in [-0.15, -0.1) is 0 Å². The number of benzene rings is 1. The molecule has 4 nitrogen and oxygen atoms in total. The van der Waals surface area contributed by atoms with Crippen LogP contribution >= 0.6 is 0 Å². The maximum absolute atomic E-state index is 13.7. The predicted octanol–water partition coefficient (Wildman–Crippen LogP) is 0.458. The molecule has 0 radical (unpaired) electrons. The highest BCUT2D eigenvalue weighted by molar-refractivity contribution is 5.92. The Bertz CT molecular complexity index is 436. The van der Waals surface area contributed by atoms with Crippen LogP contribution in [0.25, 0.3) is 0 Å². The van der Waals surface area contributed by atoms with E-state index in [0.717, 1.165) is 19.5 Å². The summed E-state index contributed by atoms with van der Waals surface area (Å²) >= 11 is 0. The van der Waals surface area contributed by atoms with Crippen molar-refractivity contribution in [3.8, 4) is 0 Å². The van der Waals surface area contributed by atoms with Crippen molar-refractivity contribution in [2.75, 3.05) is 13.1 Å². The smallest absolute Gasteiger partial charge is 0.248 e. The summed E-state index contributed by atoms with van der Waals surface area (Å²) in [5.74, 6) is -1.000. The molecule has 0 aliphatic carbocycles. The van der Waals surface area contributed by atoms with Crippen molar-refractivity contribution in [3.05, 3.63) is 35.1 Å². The normalized spacial score (nSPS) is 20.7. The molecule has 1 atom stereocenters. The molecule has 1 aromatic carbocycles. The summed E-state index contributed by atoms with van der Waals surface area (Å²) in [6.07, 6.45) is 0.945. The molecule has 0 aromatic heterocycles. The van der Waals surface area contributed by atoms with E-state index in [1.807, 2.05) is 0 Å². The Morgan fingerprint density at radius 3 is 2.82 bits per heavy atom. The topological polar surface area (TPSA) is 72.4 Å². The molecule has 1 aromatic rings. The molecule has 92 valence electrons. The minimum absolute atomic E-state index is 0.183. The first-order valence-electron chi connectivity index (χ1n) is 5.62. The zero-order chi connectivity index (χ0) is 12.4. The Morgan fingerprint density at radius 1 is 1.53 bits per heavy atom. The lowest BCUT2D eigenvalue weighted by Gasteiger charge is -2.15. The fraction of sp³-hybridized carbons (Fsp3) is 0.417. The van der Waals surface area contributed by atoms with Gasteiger partial charge in [0.1, 0.15) is 5.82 Å². The molecule has 1 unspecified atom stereocenters. The summed E-state index contributed by atoms with van der Waals surface area (Å²) in [7, 11) is 0. The molecule has 1 saturated heterocycles. The number of amides is 1. The lowest BCUT2D eigenvalue weighted by atomic mass is 10.1. The van der Waals surface area contributed by atoms with Crippen LogP contribution in [0.5, 0.6) is 0 Å². The van der Waals surface area contributed by atoms with E-state index in [-0.39, 0.29) is 17.4 Å². The SMILES string of the molecule is NC(=O)c1ccc(CN2CCC(N)C2)c(F)c1. The Hall–Kier alpha value is -1.46. The second kappa shape index (κ2) is 4.81. The summed E-state index contributed by atoms with van der Waals surface area (Å²) in [6.45, 7) is 2.20. The van der Waals surface area contributed by atoms with Crippen molar-refractivity contribution in [1.29, 1.82) is 0 Å². The van der Waals surface area contributed by atoms with E-state index in [4.69, 9.17) is 11.5 Å². The molecule has 1 amide bonds. The molecule has 0 bridgehead atoms. The highest BCUT2D eigenvalue weighted by Gasteiger charge is 2.20. The van der Waals surface area contributed by atoms with Gasteiger partial charge in [-0.3, -0.25) is 9.69 Å². The maximum Gasteiger partial charge on any atom is 0.248 e. The van der Waals surface area contributed by atoms with Gasteiger partial charge in [-0.05, 0) is 18.6 Å². The summed E-state index contributed by atoms with van der Waals surface area (Å²) in [5, 5.41) is 0. The fourth-order valence-electron chi connectivity index (χ4n) is 2.08. The number of carbonyl (C=O) groups excluding carboxylic acids is 1. The molecule has 1 heterocycles. The second-order valence-electron chi connectivity index (χ2n) is 4.45. The lowest BCUT2D eigenvalue weighted by Crippen LogP contribution is -2.26. The second-order valence-corrected chi connectivity index (χ2v) is 4.45. The average molecular weight is 237 g/mol. The van der Waals surface area contributed by atoms with E-state index >= 15 is 0 Å². The van der Waals surface area contributed by atoms with Crippen LogP contribution < -0.4 is 11.5 Å². The summed E-state index contributed by atoms with van der Waals surface area (Å²) in [4.78, 5) is 13.0. The van der Waals surface area contributed by atoms with Crippen LogP contribution in [0, 0.1) is 5.82 Å². The van der Waals surface area contributed by atoms with Crippen molar-refractivity contribution < 1.29 is 9.18 Å². The van der Waals surface area contributed by atoms with Crippen LogP contribution in [0.2, 0.25) is 0 Å². The molecule has 1 fully saturated rings. The van der Waals surface area contributed by atoms with Gasteiger partial charge in [0.05, 0.1) is 0 Å². The number of hydrogen-bond donors (Lipinski definition) is 2. The summed E-state index contributed by atoms with van der Waals surface area (Å²) in [6, 6.07) is 4.53. The van der Waals surface area contributed by atoms with Crippen LogP contribution in [0.4, 0.5) is 4.39 Å². The molecular weight excluding hydrogens is 221 g/mol. The number of nitrogens with zero attached hydrogens (tertiary/aromatic N) is 1. The van der Waals surface area contributed by atoms with E-state index in [9.17, 15) is 9.18 Å². The highest BCUT2D eigenvalue weighted by Crippen LogP contribution is 2.16. The molecule has 5 heteroatoms. The van der Waals surface area contributed by atoms with Gasteiger partial charge in [-0.25, -0.2) is 4.39 Å². The number of primary amides is 1. The minimum atomic E-state index is -0.612. The molecule has 4 N–H and O–H groups in total. The third kappa shape index (κ3) is 2.81. The maximum atomic E-state index is 13.7. The van der Waals surface area contributed by atoms with Gasteiger partial charge in [-0.2, -0.15) is 0 Å². The monoisotopic (exact) mass is 237 g/mol. The summed E-state index contributed by atoms with van der Waals surface area (Å²) in [5.41, 5.74) is 11.6. The first kappa shape index (κ1) is 12.0. The molecule has 2 rings (SSSR count). The van der Waals surface area contributed by atoms with E-state index in [1.54, 1.807) is 12.1 Å². The fourth-order valence-corrected chi connectivity index (χ4v) is 2.08. The van der Waals surface area contributed by atoms with Crippen LogP contribution in [-0.2, 0) is 6.54 Å². The van der Waals surface area contributed by atoms with E-state index in [2.05, 4.69) is 4.90 Å². The number of carbonyl (C=O) groups is 1. The number of nitrogens with two attached hydrogens (primary N) is 2. The number of hydrogen-bond acceptors (Lipinski definition) is 3. The first-order valence-corrected chi connectivity index (χ1v) is 5.62. The van der Waals surface area contributed by atoms with E-state index in [1.165, 1.54) is 6.07 Å². The van der Waals surface area contributed by atoms with Crippen molar-refractivity contribution in [1.82, 2.24) is 4.90 Å². The number of likely N-dealkylation sites (tertiary alicyclic amines) is 1. The third-order valence-electron chi connectivity index (χ3n) is 3.04. The number of rotatable bonds is 3. The van der Waals surface area contributed by atoms with Gasteiger partial charge in [0, 0.05) is 36.8 Å². The van der Waals surface area contributed by atoms with Crippen LogP contribution in [0.15, 0.2) is 18.2 Å². The highest BCUT2D eigenvalue weighted by atomic mass is 19.1. The van der Waals surface area contributed by atoms with Gasteiger partial charge < -0.3 is 11.5 Å². The molecule has 0 saturated carbocycles. The zero-order valence-electron chi connectivity index (χ0n) is 9.53. The van der Waals surface area contributed by atoms with Gasteiger partial charge in [0.25, 0.3) is 0 Å². The molecule has 1 aliphatic heterocycles. The molecule has 0 spiro atoms. The van der Waals surface area contributed by atoms with Crippen molar-refractivity contribution in [2.24, 2.45) is 11.5 Å². The van der Waals surface area contributed by atoms with Gasteiger partial charge in [0.15, 0.2) is 0 Å². The standard InChI is InChI=1S/C12H16FN3O/c13-11-5-8(12(15)17)1-2-9(11)6-16-4-3-10(14)7-16/h1-2,5,10H,3-4,6-7,14H2,(H2,15,17). The first-order chi connectivity index (χ1) is 8.06. The summed E-state index contributed by atoms with van der Waals surface area (Å²) < 4.78 is 13.7. The third-order valence-corrected chi connectivity index (χ3v) is 3.04. The van der Waals surface area contributed by atoms with Gasteiger partial charge in [0.2, 0.25) is 5.91 Å². The van der Waals surface area contributed by atoms with Gasteiger partial charge in [-0.1, -0.05) is 6.07 Å². The predicted molar refractivity (Wildman–Crippen MR) is 62.8 cm³/mol. The molecular formula is C12H16FN3O. The largest absolute Gasteiger partial charge is 0.366 e. The minimum Gasteiger partial charge on any atom is -0.366 e. The van der Waals surface area contributed by atoms with E-state index in [0.29, 0.717) is 12.1 Å². The van der Waals surface area contributed by atoms with Crippen LogP contribution in [-0.4, -0.2) is 29.9 Å². The van der Waals surface area contributed by atoms with Crippen molar-refractivity contribution >= 4 is 5.91 Å². The number of halogens is 1. The lowest BCUT2D eigenvalue weighted by molar-refractivity contribution is 0.1000. The van der Waals surface area contributed by atoms with E-state index < -0.39 is 5.91 Å². The quantitative estimate of drug-likeness (QED) is 0.802. The zero-order valence-corrected chi connectivity index (χ0v) is 9.53. The Balaban J connectivity index is 2.09. The molecule has 17 heavy (non-hydrogen) atoms. The van der Waals surface area contributed by atoms with Crippen molar-refractivity contribution in [3.63, 3.8) is 0 Å². The Kier molecular flexibility index (Phi) is 3.40. The molecule has 1 aliphatic rings. The average Bonchev–Trinajstić information content (AvgIpc) is 2.67. The van der Waals surface area contributed by atoms with Crippen molar-refractivity contribution in [2.45, 2.75) is 19.0 Å². The van der Waals surface area contributed by atoms with Gasteiger partial charge >= 0.3 is 0 Å². The van der Waals surface area contributed by atoms with Crippen LogP contribution in [0.1, 0.15) is 22.3 Å².